The van der Waals surface area contributed by atoms with E-state index in [2.05, 4.69) is 15.5 Å². The first kappa shape index (κ1) is 15.8. The molecule has 0 spiro atoms. The Kier molecular flexibility index (Phi) is 6.47. The van der Waals surface area contributed by atoms with Crippen molar-refractivity contribution in [3.63, 3.8) is 0 Å². The summed E-state index contributed by atoms with van der Waals surface area (Å²) in [7, 11) is 0. The number of nitrogens with zero attached hydrogens (tertiary/aromatic N) is 3. The van der Waals surface area contributed by atoms with Gasteiger partial charge in [0.15, 0.2) is 0 Å². The lowest BCUT2D eigenvalue weighted by Gasteiger charge is -2.27. The Labute approximate surface area is 125 Å². The lowest BCUT2D eigenvalue weighted by atomic mass is 10.2. The number of piperazine rings is 1. The molecule has 0 radical (unpaired) electrons. The van der Waals surface area contributed by atoms with Crippen molar-refractivity contribution >= 4 is 5.91 Å². The molecule has 2 aliphatic rings. The van der Waals surface area contributed by atoms with Crippen LogP contribution in [0.4, 0.5) is 0 Å². The van der Waals surface area contributed by atoms with E-state index < -0.39 is 0 Å². The number of hydrogen-bond acceptors (Lipinski definition) is 6. The van der Waals surface area contributed by atoms with Crippen LogP contribution in [0.1, 0.15) is 0 Å². The highest BCUT2D eigenvalue weighted by atomic mass is 16.5. The third-order valence-electron chi connectivity index (χ3n) is 3.68. The Bertz CT molecular complexity index is 406. The van der Waals surface area contributed by atoms with Gasteiger partial charge in [-0.2, -0.15) is 5.26 Å². The third kappa shape index (κ3) is 5.01. The summed E-state index contributed by atoms with van der Waals surface area (Å²) in [6.07, 6.45) is 1.54. The minimum Gasteiger partial charge on any atom is -0.388 e. The number of morpholine rings is 1. The number of carbonyl (C=O) groups excluding carboxylic acids is 1. The second kappa shape index (κ2) is 8.62. The zero-order valence-electron chi connectivity index (χ0n) is 12.3. The van der Waals surface area contributed by atoms with Crippen LogP contribution in [-0.4, -0.2) is 81.3 Å². The molecule has 2 N–H and O–H groups in total. The number of hydrogen-bond donors (Lipinski definition) is 2. The molecule has 0 aromatic carbocycles. The number of amides is 1. The van der Waals surface area contributed by atoms with Gasteiger partial charge in [0.1, 0.15) is 11.6 Å². The van der Waals surface area contributed by atoms with E-state index in [1.54, 1.807) is 11.1 Å². The SMILES string of the molecule is N#C/C(=C/NCCN1CCNCC1)C(=O)N1CCOCC1. The average molecular weight is 293 g/mol. The fourth-order valence-corrected chi connectivity index (χ4v) is 2.41. The first-order chi connectivity index (χ1) is 10.3. The van der Waals surface area contributed by atoms with Crippen molar-refractivity contribution in [2.75, 3.05) is 65.6 Å². The molecular weight excluding hydrogens is 270 g/mol. The molecule has 21 heavy (non-hydrogen) atoms. The lowest BCUT2D eigenvalue weighted by molar-refractivity contribution is -0.130. The van der Waals surface area contributed by atoms with Crippen LogP contribution >= 0.6 is 0 Å². The molecule has 2 rings (SSSR count). The molecular formula is C14H23N5O2. The van der Waals surface area contributed by atoms with Gasteiger partial charge in [-0.1, -0.05) is 0 Å². The van der Waals surface area contributed by atoms with E-state index in [0.717, 1.165) is 39.3 Å². The Morgan fingerprint density at radius 3 is 2.67 bits per heavy atom. The molecule has 0 aromatic rings. The van der Waals surface area contributed by atoms with Crippen LogP contribution in [0.3, 0.4) is 0 Å². The van der Waals surface area contributed by atoms with E-state index in [1.807, 2.05) is 6.07 Å². The van der Waals surface area contributed by atoms with Gasteiger partial charge < -0.3 is 20.3 Å². The van der Waals surface area contributed by atoms with Crippen LogP contribution in [0.5, 0.6) is 0 Å². The fourth-order valence-electron chi connectivity index (χ4n) is 2.41. The van der Waals surface area contributed by atoms with E-state index >= 15 is 0 Å². The summed E-state index contributed by atoms with van der Waals surface area (Å²) in [6.45, 7) is 7.99. The molecule has 0 atom stereocenters. The van der Waals surface area contributed by atoms with Gasteiger partial charge in [-0.15, -0.1) is 0 Å². The van der Waals surface area contributed by atoms with Crippen molar-refractivity contribution in [3.8, 4) is 6.07 Å². The Hall–Kier alpha value is -1.62. The first-order valence-electron chi connectivity index (χ1n) is 7.45. The van der Waals surface area contributed by atoms with Gasteiger partial charge in [-0.3, -0.25) is 9.69 Å². The Balaban J connectivity index is 1.74. The summed E-state index contributed by atoms with van der Waals surface area (Å²) in [5, 5.41) is 15.5. The summed E-state index contributed by atoms with van der Waals surface area (Å²) in [6, 6.07) is 1.98. The molecule has 0 saturated carbocycles. The zero-order valence-corrected chi connectivity index (χ0v) is 12.3. The van der Waals surface area contributed by atoms with Gasteiger partial charge in [0.25, 0.3) is 5.91 Å². The zero-order chi connectivity index (χ0) is 14.9. The number of ether oxygens (including phenoxy) is 1. The van der Waals surface area contributed by atoms with Crippen molar-refractivity contribution in [3.05, 3.63) is 11.8 Å². The van der Waals surface area contributed by atoms with E-state index in [0.29, 0.717) is 26.3 Å². The summed E-state index contributed by atoms with van der Waals surface area (Å²) in [4.78, 5) is 16.2. The third-order valence-corrected chi connectivity index (χ3v) is 3.68. The molecule has 116 valence electrons. The van der Waals surface area contributed by atoms with Gasteiger partial charge in [0.05, 0.1) is 13.2 Å². The van der Waals surface area contributed by atoms with E-state index in [-0.39, 0.29) is 11.5 Å². The van der Waals surface area contributed by atoms with Crippen LogP contribution in [0.15, 0.2) is 11.8 Å². The van der Waals surface area contributed by atoms with Crippen LogP contribution < -0.4 is 10.6 Å². The molecule has 1 amide bonds. The number of carbonyl (C=O) groups is 1. The highest BCUT2D eigenvalue weighted by Gasteiger charge is 2.20. The summed E-state index contributed by atoms with van der Waals surface area (Å²) in [5.41, 5.74) is 0.164. The first-order valence-corrected chi connectivity index (χ1v) is 7.45. The van der Waals surface area contributed by atoms with Crippen LogP contribution in [-0.2, 0) is 9.53 Å². The number of nitrogens with one attached hydrogen (secondary N) is 2. The highest BCUT2D eigenvalue weighted by Crippen LogP contribution is 2.04. The minimum absolute atomic E-state index is 0.164. The van der Waals surface area contributed by atoms with E-state index in [9.17, 15) is 4.79 Å². The quantitative estimate of drug-likeness (QED) is 0.374. The van der Waals surface area contributed by atoms with Crippen molar-refractivity contribution in [2.24, 2.45) is 0 Å². The second-order valence-electron chi connectivity index (χ2n) is 5.12. The predicted molar refractivity (Wildman–Crippen MR) is 78.4 cm³/mol. The van der Waals surface area contributed by atoms with Crippen LogP contribution in [0, 0.1) is 11.3 Å². The van der Waals surface area contributed by atoms with Gasteiger partial charge in [-0.25, -0.2) is 0 Å². The molecule has 2 fully saturated rings. The second-order valence-corrected chi connectivity index (χ2v) is 5.12. The van der Waals surface area contributed by atoms with Crippen molar-refractivity contribution in [2.45, 2.75) is 0 Å². The molecule has 0 unspecified atom stereocenters. The highest BCUT2D eigenvalue weighted by molar-refractivity contribution is 5.97. The smallest absolute Gasteiger partial charge is 0.266 e. The topological polar surface area (TPSA) is 80.6 Å². The van der Waals surface area contributed by atoms with Gasteiger partial charge >= 0.3 is 0 Å². The predicted octanol–water partition coefficient (Wildman–Crippen LogP) is -1.25. The monoisotopic (exact) mass is 293 g/mol. The van der Waals surface area contributed by atoms with Crippen LogP contribution in [0.2, 0.25) is 0 Å². The molecule has 2 heterocycles. The van der Waals surface area contributed by atoms with Gasteiger partial charge in [0.2, 0.25) is 0 Å². The van der Waals surface area contributed by atoms with Gasteiger partial charge in [0, 0.05) is 58.6 Å². The standard InChI is InChI=1S/C14H23N5O2/c15-11-13(14(20)19-7-9-21-10-8-19)12-17-3-6-18-4-1-16-2-5-18/h12,16-17H,1-10H2/b13-12-. The molecule has 0 bridgehead atoms. The van der Waals surface area contributed by atoms with Crippen molar-refractivity contribution in [1.29, 1.82) is 5.26 Å². The maximum absolute atomic E-state index is 12.1. The van der Waals surface area contributed by atoms with E-state index in [1.165, 1.54) is 0 Å². The Morgan fingerprint density at radius 1 is 1.29 bits per heavy atom. The minimum atomic E-state index is -0.213. The number of rotatable bonds is 5. The normalized spacial score (nSPS) is 20.9. The molecule has 7 nitrogen and oxygen atoms in total. The maximum atomic E-state index is 12.1. The summed E-state index contributed by atoms with van der Waals surface area (Å²) in [5.74, 6) is -0.213. The van der Waals surface area contributed by atoms with Crippen molar-refractivity contribution in [1.82, 2.24) is 20.4 Å². The van der Waals surface area contributed by atoms with E-state index in [4.69, 9.17) is 10.00 Å². The maximum Gasteiger partial charge on any atom is 0.266 e. The average Bonchev–Trinajstić information content (AvgIpc) is 2.56. The molecule has 0 aromatic heterocycles. The van der Waals surface area contributed by atoms with Crippen molar-refractivity contribution < 1.29 is 9.53 Å². The molecule has 0 aliphatic carbocycles. The number of nitriles is 1. The summed E-state index contributed by atoms with van der Waals surface area (Å²) >= 11 is 0. The fraction of sp³-hybridized carbons (Fsp3) is 0.714. The van der Waals surface area contributed by atoms with Crippen LogP contribution in [0.25, 0.3) is 0 Å². The lowest BCUT2D eigenvalue weighted by Crippen LogP contribution is -2.45. The van der Waals surface area contributed by atoms with Gasteiger partial charge in [-0.05, 0) is 0 Å². The Morgan fingerprint density at radius 2 is 2.00 bits per heavy atom. The largest absolute Gasteiger partial charge is 0.388 e. The molecule has 7 heteroatoms. The summed E-state index contributed by atoms with van der Waals surface area (Å²) < 4.78 is 5.21. The molecule has 2 aliphatic heterocycles. The molecule has 2 saturated heterocycles.